The van der Waals surface area contributed by atoms with Crippen LogP contribution < -0.4 is 0 Å². The predicted octanol–water partition coefficient (Wildman–Crippen LogP) is 5.21. The molecule has 1 aromatic heterocycles. The van der Waals surface area contributed by atoms with E-state index in [4.69, 9.17) is 4.74 Å². The summed E-state index contributed by atoms with van der Waals surface area (Å²) in [5.41, 5.74) is 3.49. The number of carbonyl (C=O) groups excluding carboxylic acids is 1. The van der Waals surface area contributed by atoms with Crippen LogP contribution in [0, 0.1) is 5.82 Å². The van der Waals surface area contributed by atoms with Crippen molar-refractivity contribution in [3.8, 4) is 11.4 Å². The van der Waals surface area contributed by atoms with Crippen LogP contribution in [0.5, 0.6) is 0 Å². The zero-order chi connectivity index (χ0) is 21.6. The fourth-order valence-corrected chi connectivity index (χ4v) is 4.01. The SMILES string of the molecule is COC(=O)c1ccc(CSc2nnc(-c3ccc(F)cc3)n2Cc2ccccc2)cc1. The largest absolute Gasteiger partial charge is 0.465 e. The average Bonchev–Trinajstić information content (AvgIpc) is 3.21. The number of benzene rings is 3. The molecule has 4 aromatic rings. The molecule has 0 N–H and O–H groups in total. The number of aromatic nitrogens is 3. The summed E-state index contributed by atoms with van der Waals surface area (Å²) >= 11 is 1.56. The molecular weight excluding hydrogens is 413 g/mol. The van der Waals surface area contributed by atoms with Gasteiger partial charge in [0.05, 0.1) is 19.2 Å². The van der Waals surface area contributed by atoms with E-state index in [0.29, 0.717) is 23.7 Å². The standard InChI is InChI=1S/C24H20FN3O2S/c1-30-23(29)20-9-7-18(8-10-20)16-31-24-27-26-22(19-11-13-21(25)14-12-19)28(24)15-17-5-3-2-4-6-17/h2-14H,15-16H2,1H3. The Morgan fingerprint density at radius 3 is 2.32 bits per heavy atom. The van der Waals surface area contributed by atoms with Gasteiger partial charge < -0.3 is 4.74 Å². The first-order valence-electron chi connectivity index (χ1n) is 9.67. The smallest absolute Gasteiger partial charge is 0.337 e. The van der Waals surface area contributed by atoms with Crippen LogP contribution in [0.15, 0.2) is 84.0 Å². The summed E-state index contributed by atoms with van der Waals surface area (Å²) < 4.78 is 20.2. The van der Waals surface area contributed by atoms with E-state index in [1.54, 1.807) is 36.0 Å². The maximum absolute atomic E-state index is 13.4. The van der Waals surface area contributed by atoms with Crippen molar-refractivity contribution in [3.05, 3.63) is 101 Å². The Morgan fingerprint density at radius 1 is 0.935 bits per heavy atom. The molecule has 0 fully saturated rings. The van der Waals surface area contributed by atoms with Gasteiger partial charge in [-0.05, 0) is 47.5 Å². The van der Waals surface area contributed by atoms with Gasteiger partial charge in [-0.1, -0.05) is 54.2 Å². The Bertz CT molecular complexity index is 1160. The second-order valence-corrected chi connectivity index (χ2v) is 7.80. The minimum absolute atomic E-state index is 0.289. The van der Waals surface area contributed by atoms with E-state index in [9.17, 15) is 9.18 Å². The number of esters is 1. The Morgan fingerprint density at radius 2 is 1.65 bits per heavy atom. The molecule has 0 amide bonds. The molecule has 156 valence electrons. The van der Waals surface area contributed by atoms with E-state index in [0.717, 1.165) is 21.8 Å². The number of methoxy groups -OCH3 is 1. The Hall–Kier alpha value is -3.45. The lowest BCUT2D eigenvalue weighted by molar-refractivity contribution is 0.0600. The van der Waals surface area contributed by atoms with Gasteiger partial charge in [0.25, 0.3) is 0 Å². The molecular formula is C24H20FN3O2S. The van der Waals surface area contributed by atoms with Gasteiger partial charge in [-0.3, -0.25) is 4.57 Å². The first-order valence-corrected chi connectivity index (χ1v) is 10.7. The molecule has 0 saturated carbocycles. The van der Waals surface area contributed by atoms with E-state index >= 15 is 0 Å². The molecule has 0 radical (unpaired) electrons. The minimum atomic E-state index is -0.356. The van der Waals surface area contributed by atoms with Crippen molar-refractivity contribution in [1.82, 2.24) is 14.8 Å². The van der Waals surface area contributed by atoms with Crippen molar-refractivity contribution in [2.45, 2.75) is 17.5 Å². The second-order valence-electron chi connectivity index (χ2n) is 6.86. The van der Waals surface area contributed by atoms with Crippen LogP contribution in [0.1, 0.15) is 21.5 Å². The summed E-state index contributed by atoms with van der Waals surface area (Å²) in [7, 11) is 1.37. The van der Waals surface area contributed by atoms with Crippen molar-refractivity contribution >= 4 is 17.7 Å². The summed E-state index contributed by atoms with van der Waals surface area (Å²) in [4.78, 5) is 11.6. The van der Waals surface area contributed by atoms with Crippen molar-refractivity contribution in [1.29, 1.82) is 0 Å². The van der Waals surface area contributed by atoms with Gasteiger partial charge in [0.1, 0.15) is 5.82 Å². The third kappa shape index (κ3) is 5.00. The Labute approximate surface area is 183 Å². The Balaban J connectivity index is 1.59. The highest BCUT2D eigenvalue weighted by atomic mass is 32.2. The van der Waals surface area contributed by atoms with Crippen LogP contribution in [0.2, 0.25) is 0 Å². The molecule has 3 aromatic carbocycles. The van der Waals surface area contributed by atoms with Crippen molar-refractivity contribution in [2.24, 2.45) is 0 Å². The number of thioether (sulfide) groups is 1. The maximum atomic E-state index is 13.4. The molecule has 4 rings (SSSR count). The molecule has 0 saturated heterocycles. The average molecular weight is 434 g/mol. The molecule has 5 nitrogen and oxygen atoms in total. The first-order chi connectivity index (χ1) is 15.1. The molecule has 0 unspecified atom stereocenters. The van der Waals surface area contributed by atoms with Gasteiger partial charge in [0, 0.05) is 11.3 Å². The molecule has 0 aliphatic carbocycles. The van der Waals surface area contributed by atoms with Crippen LogP contribution in [0.3, 0.4) is 0 Å². The molecule has 0 aliphatic rings. The van der Waals surface area contributed by atoms with E-state index in [1.165, 1.54) is 19.2 Å². The lowest BCUT2D eigenvalue weighted by Crippen LogP contribution is -2.04. The maximum Gasteiger partial charge on any atom is 0.337 e. The van der Waals surface area contributed by atoms with Crippen LogP contribution in [-0.2, 0) is 17.0 Å². The molecule has 1 heterocycles. The number of hydrogen-bond donors (Lipinski definition) is 0. The van der Waals surface area contributed by atoms with Gasteiger partial charge in [-0.25, -0.2) is 9.18 Å². The number of carbonyl (C=O) groups is 1. The second kappa shape index (κ2) is 9.57. The van der Waals surface area contributed by atoms with E-state index in [1.807, 2.05) is 34.9 Å². The highest BCUT2D eigenvalue weighted by Crippen LogP contribution is 2.27. The summed E-state index contributed by atoms with van der Waals surface area (Å²) in [6.45, 7) is 0.601. The van der Waals surface area contributed by atoms with Crippen LogP contribution in [0.25, 0.3) is 11.4 Å². The lowest BCUT2D eigenvalue weighted by atomic mass is 10.1. The number of nitrogens with zero attached hydrogens (tertiary/aromatic N) is 3. The number of hydrogen-bond acceptors (Lipinski definition) is 5. The normalized spacial score (nSPS) is 10.8. The summed E-state index contributed by atoms with van der Waals surface area (Å²) in [5, 5.41) is 9.54. The number of ether oxygens (including phenoxy) is 1. The van der Waals surface area contributed by atoms with Gasteiger partial charge >= 0.3 is 5.97 Å². The van der Waals surface area contributed by atoms with E-state index in [2.05, 4.69) is 22.3 Å². The monoisotopic (exact) mass is 433 g/mol. The highest BCUT2D eigenvalue weighted by Gasteiger charge is 2.15. The predicted molar refractivity (Wildman–Crippen MR) is 118 cm³/mol. The molecule has 0 atom stereocenters. The van der Waals surface area contributed by atoms with Crippen LogP contribution in [0.4, 0.5) is 4.39 Å². The zero-order valence-corrected chi connectivity index (χ0v) is 17.7. The quantitative estimate of drug-likeness (QED) is 0.296. The minimum Gasteiger partial charge on any atom is -0.465 e. The Kier molecular flexibility index (Phi) is 6.43. The van der Waals surface area contributed by atoms with Crippen LogP contribution >= 0.6 is 11.8 Å². The van der Waals surface area contributed by atoms with Crippen molar-refractivity contribution < 1.29 is 13.9 Å². The molecule has 0 aliphatic heterocycles. The van der Waals surface area contributed by atoms with Crippen molar-refractivity contribution in [3.63, 3.8) is 0 Å². The van der Waals surface area contributed by atoms with Gasteiger partial charge in [-0.15, -0.1) is 10.2 Å². The molecule has 0 bridgehead atoms. The highest BCUT2D eigenvalue weighted by molar-refractivity contribution is 7.98. The van der Waals surface area contributed by atoms with E-state index < -0.39 is 0 Å². The summed E-state index contributed by atoms with van der Waals surface area (Å²) in [6, 6.07) is 23.6. The third-order valence-electron chi connectivity index (χ3n) is 4.75. The number of halogens is 1. The van der Waals surface area contributed by atoms with Gasteiger partial charge in [-0.2, -0.15) is 0 Å². The summed E-state index contributed by atoms with van der Waals surface area (Å²) in [6.07, 6.45) is 0. The lowest BCUT2D eigenvalue weighted by Gasteiger charge is -2.11. The van der Waals surface area contributed by atoms with Gasteiger partial charge in [0.15, 0.2) is 11.0 Å². The van der Waals surface area contributed by atoms with Gasteiger partial charge in [0.2, 0.25) is 0 Å². The fraction of sp³-hybridized carbons (Fsp3) is 0.125. The van der Waals surface area contributed by atoms with Crippen molar-refractivity contribution in [2.75, 3.05) is 7.11 Å². The molecule has 0 spiro atoms. The molecule has 7 heteroatoms. The zero-order valence-electron chi connectivity index (χ0n) is 16.9. The topological polar surface area (TPSA) is 57.0 Å². The fourth-order valence-electron chi connectivity index (χ4n) is 3.12. The first kappa shape index (κ1) is 20.8. The van der Waals surface area contributed by atoms with E-state index in [-0.39, 0.29) is 11.8 Å². The summed E-state index contributed by atoms with van der Waals surface area (Å²) in [5.74, 6) is 0.707. The third-order valence-corrected chi connectivity index (χ3v) is 5.78. The number of rotatable bonds is 7. The molecule has 31 heavy (non-hydrogen) atoms. The van der Waals surface area contributed by atoms with Crippen LogP contribution in [-0.4, -0.2) is 27.8 Å².